The summed E-state index contributed by atoms with van der Waals surface area (Å²) in [5.74, 6) is 2.38. The molecule has 0 unspecified atom stereocenters. The number of benzene rings is 2. The summed E-state index contributed by atoms with van der Waals surface area (Å²) in [5, 5.41) is 5.17. The molecule has 2 aromatic carbocycles. The van der Waals surface area contributed by atoms with Crippen LogP contribution >= 0.6 is 0 Å². The van der Waals surface area contributed by atoms with E-state index >= 15 is 0 Å². The average Bonchev–Trinajstić information content (AvgIpc) is 3.11. The van der Waals surface area contributed by atoms with Crippen LogP contribution in [0, 0.1) is 6.92 Å². The first-order valence-electron chi connectivity index (χ1n) is 8.91. The van der Waals surface area contributed by atoms with Crippen molar-refractivity contribution < 1.29 is 14.2 Å². The van der Waals surface area contributed by atoms with Crippen LogP contribution in [-0.4, -0.2) is 42.2 Å². The fourth-order valence-electron chi connectivity index (χ4n) is 3.21. The number of hydrogen-bond donors (Lipinski definition) is 1. The van der Waals surface area contributed by atoms with Crippen LogP contribution in [0.5, 0.6) is 17.2 Å². The van der Waals surface area contributed by atoms with E-state index in [1.54, 1.807) is 46.6 Å². The average molecular weight is 392 g/mol. The molecule has 0 aliphatic rings. The Labute approximate surface area is 166 Å². The van der Waals surface area contributed by atoms with E-state index < -0.39 is 0 Å². The lowest BCUT2D eigenvalue weighted by atomic mass is 10.2. The van der Waals surface area contributed by atoms with Crippen molar-refractivity contribution in [2.75, 3.05) is 21.3 Å². The van der Waals surface area contributed by atoms with Crippen molar-refractivity contribution in [2.24, 2.45) is 5.10 Å². The minimum Gasteiger partial charge on any atom is -0.497 e. The number of fused-ring (bicyclic) bond motifs is 3. The molecule has 2 heterocycles. The zero-order chi connectivity index (χ0) is 20.5. The van der Waals surface area contributed by atoms with Crippen molar-refractivity contribution in [3.05, 3.63) is 58.1 Å². The molecule has 0 saturated heterocycles. The maximum absolute atomic E-state index is 13.0. The number of rotatable bonds is 5. The molecule has 0 spiro atoms. The molecule has 0 bridgehead atoms. The second-order valence-electron chi connectivity index (χ2n) is 6.40. The van der Waals surface area contributed by atoms with Crippen molar-refractivity contribution in [2.45, 2.75) is 6.92 Å². The van der Waals surface area contributed by atoms with Gasteiger partial charge in [-0.1, -0.05) is 0 Å². The first-order valence-corrected chi connectivity index (χ1v) is 8.91. The molecular weight excluding hydrogens is 372 g/mol. The second-order valence-corrected chi connectivity index (χ2v) is 6.40. The Bertz CT molecular complexity index is 1300. The predicted molar refractivity (Wildman–Crippen MR) is 112 cm³/mol. The summed E-state index contributed by atoms with van der Waals surface area (Å²) >= 11 is 0. The quantitative estimate of drug-likeness (QED) is 0.527. The molecule has 0 aliphatic carbocycles. The second kappa shape index (κ2) is 7.31. The van der Waals surface area contributed by atoms with Gasteiger partial charge in [-0.2, -0.15) is 9.78 Å². The lowest BCUT2D eigenvalue weighted by molar-refractivity contribution is 0.355. The number of aromatic nitrogens is 3. The van der Waals surface area contributed by atoms with Crippen LogP contribution in [0.4, 0.5) is 0 Å². The molecule has 2 aromatic heterocycles. The van der Waals surface area contributed by atoms with E-state index in [0.29, 0.717) is 34.1 Å². The number of H-pyrrole nitrogens is 1. The van der Waals surface area contributed by atoms with Gasteiger partial charge in [-0.25, -0.2) is 4.98 Å². The minimum absolute atomic E-state index is 0.278. The molecule has 8 heteroatoms. The first-order chi connectivity index (χ1) is 14.0. The van der Waals surface area contributed by atoms with Gasteiger partial charge in [0, 0.05) is 10.9 Å². The van der Waals surface area contributed by atoms with Gasteiger partial charge in [0.2, 0.25) is 0 Å². The van der Waals surface area contributed by atoms with E-state index in [1.807, 2.05) is 24.3 Å². The van der Waals surface area contributed by atoms with Gasteiger partial charge < -0.3 is 19.2 Å². The Morgan fingerprint density at radius 3 is 2.55 bits per heavy atom. The van der Waals surface area contributed by atoms with Crippen LogP contribution in [-0.2, 0) is 0 Å². The van der Waals surface area contributed by atoms with Crippen LogP contribution in [0.25, 0.3) is 21.9 Å². The Kier molecular flexibility index (Phi) is 4.67. The van der Waals surface area contributed by atoms with E-state index in [-0.39, 0.29) is 5.56 Å². The monoisotopic (exact) mass is 392 g/mol. The van der Waals surface area contributed by atoms with E-state index in [1.165, 1.54) is 4.68 Å². The van der Waals surface area contributed by atoms with Gasteiger partial charge in [0.1, 0.15) is 22.6 Å². The fourth-order valence-corrected chi connectivity index (χ4v) is 3.21. The predicted octanol–water partition coefficient (Wildman–Crippen LogP) is 3.09. The highest BCUT2D eigenvalue weighted by Gasteiger charge is 2.14. The molecule has 0 saturated carbocycles. The lowest BCUT2D eigenvalue weighted by Crippen LogP contribution is -2.20. The smallest absolute Gasteiger partial charge is 0.298 e. The summed E-state index contributed by atoms with van der Waals surface area (Å²) in [7, 11) is 4.74. The van der Waals surface area contributed by atoms with Gasteiger partial charge >= 0.3 is 0 Å². The SMILES string of the molecule is COc1ccc2[nH]c3c(=O)n(/N=C\c4ccc(OC)c(OC)c4)c(C)nc3c2c1. The lowest BCUT2D eigenvalue weighted by Gasteiger charge is -2.07. The molecule has 0 fully saturated rings. The number of aryl methyl sites for hydroxylation is 1. The van der Waals surface area contributed by atoms with Crippen LogP contribution in [0.1, 0.15) is 11.4 Å². The number of ether oxygens (including phenoxy) is 3. The normalized spacial score (nSPS) is 11.4. The molecule has 0 aliphatic heterocycles. The van der Waals surface area contributed by atoms with Crippen LogP contribution in [0.2, 0.25) is 0 Å². The van der Waals surface area contributed by atoms with Crippen molar-refractivity contribution in [1.82, 2.24) is 14.6 Å². The van der Waals surface area contributed by atoms with Gasteiger partial charge in [-0.3, -0.25) is 4.79 Å². The van der Waals surface area contributed by atoms with Gasteiger partial charge in [-0.05, 0) is 48.9 Å². The summed E-state index contributed by atoms with van der Waals surface area (Å²) in [5.41, 5.74) is 2.28. The maximum Gasteiger partial charge on any atom is 0.298 e. The molecule has 0 radical (unpaired) electrons. The van der Waals surface area contributed by atoms with Crippen LogP contribution < -0.4 is 19.8 Å². The van der Waals surface area contributed by atoms with Gasteiger partial charge in [0.15, 0.2) is 11.5 Å². The van der Waals surface area contributed by atoms with Crippen LogP contribution in [0.3, 0.4) is 0 Å². The molecular formula is C21H20N4O4. The Morgan fingerprint density at radius 1 is 1.03 bits per heavy atom. The van der Waals surface area contributed by atoms with Crippen molar-refractivity contribution in [3.63, 3.8) is 0 Å². The molecule has 0 amide bonds. The van der Waals surface area contributed by atoms with E-state index in [9.17, 15) is 4.79 Å². The largest absolute Gasteiger partial charge is 0.497 e. The highest BCUT2D eigenvalue weighted by molar-refractivity contribution is 6.05. The number of hydrogen-bond acceptors (Lipinski definition) is 6. The van der Waals surface area contributed by atoms with Gasteiger partial charge in [0.05, 0.1) is 27.5 Å². The highest BCUT2D eigenvalue weighted by Crippen LogP contribution is 2.27. The van der Waals surface area contributed by atoms with Crippen molar-refractivity contribution >= 4 is 28.2 Å². The summed E-state index contributed by atoms with van der Waals surface area (Å²) in [6.07, 6.45) is 1.58. The Morgan fingerprint density at radius 2 is 1.83 bits per heavy atom. The fraction of sp³-hybridized carbons (Fsp3) is 0.190. The summed E-state index contributed by atoms with van der Waals surface area (Å²) in [4.78, 5) is 20.7. The standard InChI is InChI=1S/C21H20N4O4/c1-12-23-19-15-10-14(27-2)6-7-16(15)24-20(19)21(26)25(12)22-11-13-5-8-17(28-3)18(9-13)29-4/h5-11,24H,1-4H3/b22-11-. The van der Waals surface area contributed by atoms with E-state index in [0.717, 1.165) is 16.5 Å². The number of aromatic amines is 1. The zero-order valence-corrected chi connectivity index (χ0v) is 16.5. The first kappa shape index (κ1) is 18.5. The van der Waals surface area contributed by atoms with E-state index in [2.05, 4.69) is 15.1 Å². The Hall–Kier alpha value is -3.81. The van der Waals surface area contributed by atoms with Gasteiger partial charge in [-0.15, -0.1) is 0 Å². The summed E-state index contributed by atoms with van der Waals surface area (Å²) < 4.78 is 17.1. The third-order valence-electron chi connectivity index (χ3n) is 4.69. The number of nitrogens with one attached hydrogen (secondary N) is 1. The highest BCUT2D eigenvalue weighted by atomic mass is 16.5. The molecule has 1 N–H and O–H groups in total. The number of methoxy groups -OCH3 is 3. The molecule has 148 valence electrons. The third-order valence-corrected chi connectivity index (χ3v) is 4.69. The van der Waals surface area contributed by atoms with Crippen molar-refractivity contribution in [3.8, 4) is 17.2 Å². The molecule has 8 nitrogen and oxygen atoms in total. The third kappa shape index (κ3) is 3.18. The molecule has 4 aromatic rings. The van der Waals surface area contributed by atoms with Gasteiger partial charge in [0.25, 0.3) is 5.56 Å². The zero-order valence-electron chi connectivity index (χ0n) is 16.5. The minimum atomic E-state index is -0.278. The summed E-state index contributed by atoms with van der Waals surface area (Å²) in [6, 6.07) is 10.9. The molecule has 29 heavy (non-hydrogen) atoms. The van der Waals surface area contributed by atoms with Crippen molar-refractivity contribution in [1.29, 1.82) is 0 Å². The van der Waals surface area contributed by atoms with E-state index in [4.69, 9.17) is 14.2 Å². The summed E-state index contributed by atoms with van der Waals surface area (Å²) in [6.45, 7) is 1.74. The van der Waals surface area contributed by atoms with Crippen LogP contribution in [0.15, 0.2) is 46.3 Å². The maximum atomic E-state index is 13.0. The Balaban J connectivity index is 1.81. The molecule has 0 atom stereocenters. The number of nitrogens with zero attached hydrogens (tertiary/aromatic N) is 3. The molecule has 4 rings (SSSR count). The topological polar surface area (TPSA) is 90.7 Å².